The van der Waals surface area contributed by atoms with E-state index in [1.54, 1.807) is 11.7 Å². The summed E-state index contributed by atoms with van der Waals surface area (Å²) in [6, 6.07) is 0.0167. The van der Waals surface area contributed by atoms with Gasteiger partial charge >= 0.3 is 0 Å². The Morgan fingerprint density at radius 2 is 2.67 bits per heavy atom. The fourth-order valence-electron chi connectivity index (χ4n) is 0.783. The lowest BCUT2D eigenvalue weighted by molar-refractivity contribution is -0.117. The minimum absolute atomic E-state index is 0.0167. The summed E-state index contributed by atoms with van der Waals surface area (Å²) in [7, 11) is 0. The maximum atomic E-state index is 10.9. The molecule has 3 nitrogen and oxygen atoms in total. The first kappa shape index (κ1) is 8.93. The lowest BCUT2D eigenvalue weighted by atomic mass is 10.3. The predicted octanol–water partition coefficient (Wildman–Crippen LogP) is 1.51. The molecule has 1 N–H and O–H groups in total. The molecular formula is C8H10N2OS. The zero-order valence-corrected chi connectivity index (χ0v) is 7.60. The third-order valence-electron chi connectivity index (χ3n) is 1.42. The van der Waals surface area contributed by atoms with Crippen LogP contribution < -0.4 is 5.32 Å². The number of carbonyl (C=O) groups is 1. The number of carbonyl (C=O) groups excluding carboxylic acids is 1. The van der Waals surface area contributed by atoms with E-state index in [0.29, 0.717) is 0 Å². The molecule has 0 unspecified atom stereocenters. The van der Waals surface area contributed by atoms with E-state index in [1.165, 1.54) is 17.4 Å². The molecule has 1 aromatic heterocycles. The van der Waals surface area contributed by atoms with Crippen LogP contribution in [0.4, 0.5) is 0 Å². The van der Waals surface area contributed by atoms with Gasteiger partial charge in [0.1, 0.15) is 0 Å². The van der Waals surface area contributed by atoms with Crippen LogP contribution in [0.2, 0.25) is 0 Å². The molecule has 0 aliphatic carbocycles. The SMILES string of the molecule is C=CC(=O)N[C@@H](C)c1cncs1. The Balaban J connectivity index is 2.55. The van der Waals surface area contributed by atoms with Gasteiger partial charge in [0.2, 0.25) is 5.91 Å². The second-order valence-electron chi connectivity index (χ2n) is 2.34. The standard InChI is InChI=1S/C8H10N2OS/c1-3-8(11)10-6(2)7-4-9-5-12-7/h3-6H,1H2,2H3,(H,10,11)/t6-/m0/s1. The molecule has 1 rings (SSSR count). The number of amides is 1. The van der Waals surface area contributed by atoms with E-state index in [4.69, 9.17) is 0 Å². The van der Waals surface area contributed by atoms with Crippen molar-refractivity contribution in [3.63, 3.8) is 0 Å². The zero-order chi connectivity index (χ0) is 8.97. The molecule has 1 heterocycles. The first-order valence-electron chi connectivity index (χ1n) is 3.55. The summed E-state index contributed by atoms with van der Waals surface area (Å²) in [5.41, 5.74) is 1.74. The third kappa shape index (κ3) is 2.17. The summed E-state index contributed by atoms with van der Waals surface area (Å²) in [6.45, 7) is 5.28. The van der Waals surface area contributed by atoms with Crippen LogP contribution in [-0.4, -0.2) is 10.9 Å². The van der Waals surface area contributed by atoms with Gasteiger partial charge in [0, 0.05) is 11.1 Å². The van der Waals surface area contributed by atoms with Crippen molar-refractivity contribution in [1.29, 1.82) is 0 Å². The predicted molar refractivity (Wildman–Crippen MR) is 48.9 cm³/mol. The van der Waals surface area contributed by atoms with Crippen molar-refractivity contribution in [2.75, 3.05) is 0 Å². The van der Waals surface area contributed by atoms with Gasteiger partial charge in [-0.2, -0.15) is 0 Å². The molecule has 1 aromatic rings. The summed E-state index contributed by atoms with van der Waals surface area (Å²) < 4.78 is 0. The molecule has 0 radical (unpaired) electrons. The first-order chi connectivity index (χ1) is 5.74. The topological polar surface area (TPSA) is 42.0 Å². The smallest absolute Gasteiger partial charge is 0.243 e. The van der Waals surface area contributed by atoms with Crippen molar-refractivity contribution in [2.45, 2.75) is 13.0 Å². The van der Waals surface area contributed by atoms with Gasteiger partial charge < -0.3 is 5.32 Å². The molecule has 0 bridgehead atoms. The number of hydrogen-bond acceptors (Lipinski definition) is 3. The largest absolute Gasteiger partial charge is 0.345 e. The van der Waals surface area contributed by atoms with Crippen molar-refractivity contribution >= 4 is 17.2 Å². The van der Waals surface area contributed by atoms with Crippen molar-refractivity contribution in [2.24, 2.45) is 0 Å². The summed E-state index contributed by atoms with van der Waals surface area (Å²) >= 11 is 1.52. The maximum absolute atomic E-state index is 10.9. The van der Waals surface area contributed by atoms with Crippen molar-refractivity contribution in [1.82, 2.24) is 10.3 Å². The molecule has 0 fully saturated rings. The van der Waals surface area contributed by atoms with E-state index < -0.39 is 0 Å². The average Bonchev–Trinajstić information content (AvgIpc) is 2.56. The first-order valence-corrected chi connectivity index (χ1v) is 4.43. The molecule has 1 amide bonds. The minimum atomic E-state index is -0.157. The monoisotopic (exact) mass is 182 g/mol. The Bertz CT molecular complexity index is 269. The highest BCUT2D eigenvalue weighted by Crippen LogP contribution is 2.15. The van der Waals surface area contributed by atoms with Crippen LogP contribution in [0, 0.1) is 0 Å². The number of nitrogens with one attached hydrogen (secondary N) is 1. The Morgan fingerprint density at radius 3 is 3.17 bits per heavy atom. The van der Waals surface area contributed by atoms with Crippen LogP contribution in [0.5, 0.6) is 0 Å². The molecule has 0 saturated heterocycles. The van der Waals surface area contributed by atoms with Gasteiger partial charge in [-0.05, 0) is 13.0 Å². The van der Waals surface area contributed by atoms with Gasteiger partial charge in [-0.1, -0.05) is 6.58 Å². The number of rotatable bonds is 3. The van der Waals surface area contributed by atoms with Gasteiger partial charge in [0.05, 0.1) is 11.6 Å². The van der Waals surface area contributed by atoms with Crippen LogP contribution in [0.15, 0.2) is 24.4 Å². The number of aromatic nitrogens is 1. The number of nitrogens with zero attached hydrogens (tertiary/aromatic N) is 1. The van der Waals surface area contributed by atoms with E-state index in [1.807, 2.05) is 6.92 Å². The molecule has 4 heteroatoms. The highest BCUT2D eigenvalue weighted by molar-refractivity contribution is 7.09. The normalized spacial score (nSPS) is 12.1. The quantitative estimate of drug-likeness (QED) is 0.720. The molecule has 0 aliphatic heterocycles. The molecule has 64 valence electrons. The second kappa shape index (κ2) is 4.01. The molecular weight excluding hydrogens is 172 g/mol. The maximum Gasteiger partial charge on any atom is 0.243 e. The Hall–Kier alpha value is -1.16. The molecule has 0 saturated carbocycles. The zero-order valence-electron chi connectivity index (χ0n) is 6.78. The molecule has 0 aliphatic rings. The van der Waals surface area contributed by atoms with E-state index in [2.05, 4.69) is 16.9 Å². The Labute approximate surface area is 75.1 Å². The fraction of sp³-hybridized carbons (Fsp3) is 0.250. The van der Waals surface area contributed by atoms with Gasteiger partial charge in [0.15, 0.2) is 0 Å². The fourth-order valence-corrected chi connectivity index (χ4v) is 1.41. The Kier molecular flexibility index (Phi) is 2.99. The third-order valence-corrected chi connectivity index (χ3v) is 2.38. The van der Waals surface area contributed by atoms with Crippen LogP contribution in [0.1, 0.15) is 17.8 Å². The van der Waals surface area contributed by atoms with Crippen molar-refractivity contribution in [3.8, 4) is 0 Å². The van der Waals surface area contributed by atoms with Crippen LogP contribution >= 0.6 is 11.3 Å². The molecule has 0 spiro atoms. The summed E-state index contributed by atoms with van der Waals surface area (Å²) in [5, 5.41) is 2.75. The number of thiazole rings is 1. The van der Waals surface area contributed by atoms with Gasteiger partial charge in [0.25, 0.3) is 0 Å². The molecule has 12 heavy (non-hydrogen) atoms. The second-order valence-corrected chi connectivity index (χ2v) is 3.26. The lowest BCUT2D eigenvalue weighted by Crippen LogP contribution is -2.23. The summed E-state index contributed by atoms with van der Waals surface area (Å²) in [5.74, 6) is -0.157. The van der Waals surface area contributed by atoms with Crippen molar-refractivity contribution < 1.29 is 4.79 Å². The van der Waals surface area contributed by atoms with Crippen molar-refractivity contribution in [3.05, 3.63) is 29.2 Å². The van der Waals surface area contributed by atoms with Crippen LogP contribution in [-0.2, 0) is 4.79 Å². The Morgan fingerprint density at radius 1 is 1.92 bits per heavy atom. The van der Waals surface area contributed by atoms with Gasteiger partial charge in [-0.15, -0.1) is 11.3 Å². The summed E-state index contributed by atoms with van der Waals surface area (Å²) in [6.07, 6.45) is 3.01. The summed E-state index contributed by atoms with van der Waals surface area (Å²) in [4.78, 5) is 15.8. The lowest BCUT2D eigenvalue weighted by Gasteiger charge is -2.08. The van der Waals surface area contributed by atoms with Crippen LogP contribution in [0.3, 0.4) is 0 Å². The van der Waals surface area contributed by atoms with Gasteiger partial charge in [-0.3, -0.25) is 9.78 Å². The van der Waals surface area contributed by atoms with Crippen LogP contribution in [0.25, 0.3) is 0 Å². The highest BCUT2D eigenvalue weighted by atomic mass is 32.1. The molecule has 0 aromatic carbocycles. The molecule has 1 atom stereocenters. The highest BCUT2D eigenvalue weighted by Gasteiger charge is 2.07. The van der Waals surface area contributed by atoms with E-state index >= 15 is 0 Å². The minimum Gasteiger partial charge on any atom is -0.345 e. The van der Waals surface area contributed by atoms with Gasteiger partial charge in [-0.25, -0.2) is 0 Å². The van der Waals surface area contributed by atoms with E-state index in [9.17, 15) is 4.79 Å². The van der Waals surface area contributed by atoms with E-state index in [-0.39, 0.29) is 11.9 Å². The average molecular weight is 182 g/mol. The number of hydrogen-bond donors (Lipinski definition) is 1. The van der Waals surface area contributed by atoms with E-state index in [0.717, 1.165) is 4.88 Å².